The molecule has 7 nitrogen and oxygen atoms in total. The molecule has 8 heteroatoms. The average molecular weight is 618 g/mol. The van der Waals surface area contributed by atoms with Gasteiger partial charge in [-0.15, -0.1) is 6.58 Å². The number of Topliss-reactive ketones (excluding diaryl/α,β-unsaturated/α-hetero) is 2. The van der Waals surface area contributed by atoms with Crippen molar-refractivity contribution in [3.8, 4) is 11.5 Å². The van der Waals surface area contributed by atoms with Crippen molar-refractivity contribution in [2.75, 3.05) is 13.2 Å². The number of benzene rings is 2. The lowest BCUT2D eigenvalue weighted by Crippen LogP contribution is -2.44. The summed E-state index contributed by atoms with van der Waals surface area (Å²) in [5.41, 5.74) is 4.13. The van der Waals surface area contributed by atoms with Crippen molar-refractivity contribution in [3.63, 3.8) is 0 Å². The van der Waals surface area contributed by atoms with Crippen molar-refractivity contribution >= 4 is 21.7 Å². The van der Waals surface area contributed by atoms with E-state index in [2.05, 4.69) is 46.1 Å². The van der Waals surface area contributed by atoms with Crippen LogP contribution in [0.2, 0.25) is 0 Å². The molecule has 234 valence electrons. The fraction of sp³-hybridized carbons (Fsp3) is 0.444. The molecule has 0 N–H and O–H groups in total. The van der Waals surface area contributed by atoms with E-state index in [1.807, 2.05) is 13.0 Å². The molecule has 0 radical (unpaired) electrons. The van der Waals surface area contributed by atoms with Crippen LogP contribution < -0.4 is 8.92 Å². The highest BCUT2D eigenvalue weighted by atomic mass is 32.2. The summed E-state index contributed by atoms with van der Waals surface area (Å²) in [7, 11) is -4.17. The monoisotopic (exact) mass is 617 g/mol. The summed E-state index contributed by atoms with van der Waals surface area (Å²) in [5, 5.41) is 0. The van der Waals surface area contributed by atoms with E-state index in [0.29, 0.717) is 48.1 Å². The Kier molecular flexibility index (Phi) is 8.44. The van der Waals surface area contributed by atoms with Gasteiger partial charge in [-0.2, -0.15) is 8.42 Å². The smallest absolute Gasteiger partial charge is 0.339 e. The second kappa shape index (κ2) is 11.7. The summed E-state index contributed by atoms with van der Waals surface area (Å²) >= 11 is 0. The van der Waals surface area contributed by atoms with Crippen LogP contribution in [0.25, 0.3) is 0 Å². The van der Waals surface area contributed by atoms with Crippen molar-refractivity contribution < 1.29 is 26.9 Å². The van der Waals surface area contributed by atoms with Gasteiger partial charge < -0.3 is 13.8 Å². The van der Waals surface area contributed by atoms with Crippen LogP contribution in [-0.2, 0) is 26.1 Å². The van der Waals surface area contributed by atoms with Crippen molar-refractivity contribution in [2.45, 2.75) is 84.5 Å². The molecular formula is C36H43NO6S. The van der Waals surface area contributed by atoms with E-state index in [4.69, 9.17) is 8.92 Å². The first-order valence-electron chi connectivity index (χ1n) is 15.4. The summed E-state index contributed by atoms with van der Waals surface area (Å²) in [6, 6.07) is 11.6. The van der Waals surface area contributed by atoms with Crippen LogP contribution in [-0.4, -0.2) is 38.0 Å². The van der Waals surface area contributed by atoms with Crippen LogP contribution in [0.3, 0.4) is 0 Å². The molecule has 1 aliphatic heterocycles. The summed E-state index contributed by atoms with van der Waals surface area (Å²) in [6.45, 7) is 17.2. The Labute approximate surface area is 261 Å². The van der Waals surface area contributed by atoms with Crippen LogP contribution in [0.1, 0.15) is 84.3 Å². The number of carbonyl (C=O) groups excluding carboxylic acids is 2. The van der Waals surface area contributed by atoms with Gasteiger partial charge in [-0.1, -0.05) is 58.0 Å². The average Bonchev–Trinajstić information content (AvgIpc) is 2.93. The normalized spacial score (nSPS) is 19.9. The van der Waals surface area contributed by atoms with Gasteiger partial charge in [-0.05, 0) is 67.7 Å². The molecule has 1 heterocycles. The number of allylic oxidation sites excluding steroid dienone is 5. The van der Waals surface area contributed by atoms with Gasteiger partial charge in [0.05, 0.1) is 6.61 Å². The van der Waals surface area contributed by atoms with Crippen molar-refractivity contribution in [2.24, 2.45) is 10.8 Å². The SMILES string of the molecule is C=CCc1cc(C2C3=C(CC(C)(C)CC3=O)N(CC)C3=C2C(=O)CC(C)(C)C3)cc(OCC)c1OS(=O)(=O)c1ccccc1. The molecule has 0 fully saturated rings. The minimum atomic E-state index is -4.17. The highest BCUT2D eigenvalue weighted by molar-refractivity contribution is 7.87. The van der Waals surface area contributed by atoms with Crippen LogP contribution in [0, 0.1) is 10.8 Å². The largest absolute Gasteiger partial charge is 0.490 e. The molecule has 0 bridgehead atoms. The lowest BCUT2D eigenvalue weighted by Gasteiger charge is -2.49. The lowest BCUT2D eigenvalue weighted by molar-refractivity contribution is -0.119. The van der Waals surface area contributed by atoms with E-state index in [9.17, 15) is 18.0 Å². The Morgan fingerprint density at radius 3 is 1.98 bits per heavy atom. The van der Waals surface area contributed by atoms with Gasteiger partial charge in [0.1, 0.15) is 4.90 Å². The Balaban J connectivity index is 1.76. The van der Waals surface area contributed by atoms with E-state index in [0.717, 1.165) is 24.2 Å². The molecule has 0 saturated carbocycles. The maximum atomic E-state index is 14.1. The third kappa shape index (κ3) is 5.88. The second-order valence-electron chi connectivity index (χ2n) is 13.6. The van der Waals surface area contributed by atoms with Gasteiger partial charge in [0.25, 0.3) is 0 Å². The quantitative estimate of drug-likeness (QED) is 0.216. The number of hydrogen-bond acceptors (Lipinski definition) is 7. The van der Waals surface area contributed by atoms with Crippen LogP contribution in [0.4, 0.5) is 0 Å². The third-order valence-corrected chi connectivity index (χ3v) is 9.95. The zero-order valence-electron chi connectivity index (χ0n) is 26.7. The predicted molar refractivity (Wildman–Crippen MR) is 171 cm³/mol. The number of rotatable bonds is 9. The molecular weight excluding hydrogens is 574 g/mol. The summed E-state index contributed by atoms with van der Waals surface area (Å²) in [6.07, 6.45) is 4.18. The molecule has 5 rings (SSSR count). The first kappa shape index (κ1) is 31.8. The first-order chi connectivity index (χ1) is 20.7. The van der Waals surface area contributed by atoms with E-state index in [1.165, 1.54) is 12.1 Å². The van der Waals surface area contributed by atoms with E-state index >= 15 is 0 Å². The number of ether oxygens (including phenoxy) is 1. The van der Waals surface area contributed by atoms with Gasteiger partial charge in [0, 0.05) is 53.4 Å². The van der Waals surface area contributed by atoms with Gasteiger partial charge in [-0.25, -0.2) is 0 Å². The summed E-state index contributed by atoms with van der Waals surface area (Å²) in [4.78, 5) is 30.4. The molecule has 2 aromatic rings. The number of hydrogen-bond donors (Lipinski definition) is 0. The topological polar surface area (TPSA) is 90.0 Å². The Morgan fingerprint density at radius 1 is 0.909 bits per heavy atom. The fourth-order valence-corrected chi connectivity index (χ4v) is 8.02. The van der Waals surface area contributed by atoms with Gasteiger partial charge >= 0.3 is 10.1 Å². The van der Waals surface area contributed by atoms with E-state index in [-0.39, 0.29) is 45.4 Å². The number of nitrogens with zero attached hydrogens (tertiary/aromatic N) is 1. The molecule has 2 aliphatic carbocycles. The molecule has 0 aromatic heterocycles. The highest BCUT2D eigenvalue weighted by Gasteiger charge is 2.49. The number of carbonyl (C=O) groups is 2. The Hall–Kier alpha value is -3.65. The third-order valence-electron chi connectivity index (χ3n) is 8.71. The van der Waals surface area contributed by atoms with Gasteiger partial charge in [0.2, 0.25) is 0 Å². The van der Waals surface area contributed by atoms with Crippen molar-refractivity contribution in [1.82, 2.24) is 4.90 Å². The highest BCUT2D eigenvalue weighted by Crippen LogP contribution is 2.55. The molecule has 0 saturated heterocycles. The molecule has 44 heavy (non-hydrogen) atoms. The van der Waals surface area contributed by atoms with Crippen LogP contribution >= 0.6 is 0 Å². The van der Waals surface area contributed by atoms with Crippen molar-refractivity contribution in [3.05, 3.63) is 88.8 Å². The minimum absolute atomic E-state index is 0.0263. The fourth-order valence-electron chi connectivity index (χ4n) is 7.02. The first-order valence-corrected chi connectivity index (χ1v) is 16.8. The predicted octanol–water partition coefficient (Wildman–Crippen LogP) is 7.29. The van der Waals surface area contributed by atoms with Gasteiger partial charge in [-0.3, -0.25) is 9.59 Å². The molecule has 0 spiro atoms. The second-order valence-corrected chi connectivity index (χ2v) is 15.1. The molecule has 3 aliphatic rings. The summed E-state index contributed by atoms with van der Waals surface area (Å²) < 4.78 is 38.5. The standard InChI is InChI=1S/C36H43NO6S/c1-8-14-23-17-24(18-30(42-10-3)34(23)43-44(40,41)25-15-12-11-13-16-25)31-32-26(19-35(4,5)21-28(32)38)37(9-2)27-20-36(6,7)22-29(39)33(27)31/h8,11-13,15-18,31H,1,9-10,14,19-22H2,2-7H3. The number of ketones is 2. The zero-order chi connectivity index (χ0) is 32.0. The van der Waals surface area contributed by atoms with E-state index in [1.54, 1.807) is 30.3 Å². The zero-order valence-corrected chi connectivity index (χ0v) is 27.5. The van der Waals surface area contributed by atoms with E-state index < -0.39 is 16.0 Å². The molecule has 2 aromatic carbocycles. The minimum Gasteiger partial charge on any atom is -0.490 e. The molecule has 0 atom stereocenters. The Morgan fingerprint density at radius 2 is 1.48 bits per heavy atom. The maximum Gasteiger partial charge on any atom is 0.339 e. The maximum absolute atomic E-state index is 14.1. The van der Waals surface area contributed by atoms with Gasteiger partial charge in [0.15, 0.2) is 23.1 Å². The molecule has 0 unspecified atom stereocenters. The summed E-state index contributed by atoms with van der Waals surface area (Å²) in [5.74, 6) is -0.174. The van der Waals surface area contributed by atoms with Crippen LogP contribution in [0.15, 0.2) is 82.6 Å². The molecule has 0 amide bonds. The Bertz CT molecular complexity index is 1630. The van der Waals surface area contributed by atoms with Crippen LogP contribution in [0.5, 0.6) is 11.5 Å². The lowest BCUT2D eigenvalue weighted by atomic mass is 9.63. The van der Waals surface area contributed by atoms with Crippen molar-refractivity contribution in [1.29, 1.82) is 0 Å².